The van der Waals surface area contributed by atoms with E-state index in [-0.39, 0.29) is 12.3 Å². The van der Waals surface area contributed by atoms with Gasteiger partial charge in [0.05, 0.1) is 6.42 Å². The van der Waals surface area contributed by atoms with Crippen LogP contribution in [0.2, 0.25) is 0 Å². The fraction of sp³-hybridized carbons (Fsp3) is 0.167. The summed E-state index contributed by atoms with van der Waals surface area (Å²) >= 11 is 0. The molecule has 0 saturated heterocycles. The average Bonchev–Trinajstić information content (AvgIpc) is 2.17. The topological polar surface area (TPSA) is 72.2 Å². The zero-order valence-corrected chi connectivity index (χ0v) is 9.07. The molecule has 4 nitrogen and oxygen atoms in total. The molecule has 0 fully saturated rings. The minimum Gasteiger partial charge on any atom is -0.366 e. The minimum absolute atomic E-state index is 0.166. The van der Waals surface area contributed by atoms with Gasteiger partial charge in [-0.25, -0.2) is 0 Å². The van der Waals surface area contributed by atoms with E-state index in [1.165, 1.54) is 6.08 Å². The van der Waals surface area contributed by atoms with E-state index in [0.29, 0.717) is 5.70 Å². The summed E-state index contributed by atoms with van der Waals surface area (Å²) in [6, 6.07) is 9.36. The minimum atomic E-state index is -0.572. The maximum absolute atomic E-state index is 11.5. The van der Waals surface area contributed by atoms with E-state index in [4.69, 9.17) is 5.73 Å². The van der Waals surface area contributed by atoms with Crippen molar-refractivity contribution in [3.63, 3.8) is 0 Å². The van der Waals surface area contributed by atoms with Gasteiger partial charge >= 0.3 is 0 Å². The Labute approximate surface area is 94.1 Å². The molecular formula is C12H14N2O2. The molecule has 0 unspecified atom stereocenters. The second kappa shape index (κ2) is 5.70. The van der Waals surface area contributed by atoms with Crippen molar-refractivity contribution in [2.45, 2.75) is 13.3 Å². The molecule has 16 heavy (non-hydrogen) atoms. The Hall–Kier alpha value is -2.10. The third-order valence-corrected chi connectivity index (χ3v) is 1.90. The molecule has 0 aliphatic rings. The molecule has 0 aliphatic heterocycles. The van der Waals surface area contributed by atoms with Crippen LogP contribution in [0.4, 0.5) is 0 Å². The predicted molar refractivity (Wildman–Crippen MR) is 61.2 cm³/mol. The number of amides is 2. The fourth-order valence-corrected chi connectivity index (χ4v) is 1.29. The first kappa shape index (κ1) is 12.0. The summed E-state index contributed by atoms with van der Waals surface area (Å²) in [6.45, 7) is 1.62. The Balaban J connectivity index is 2.52. The lowest BCUT2D eigenvalue weighted by Gasteiger charge is -2.04. The maximum Gasteiger partial charge on any atom is 0.243 e. The SMILES string of the molecule is CC(=CC(N)=O)NC(=O)Cc1ccccc1. The number of nitrogens with two attached hydrogens (primary N) is 1. The van der Waals surface area contributed by atoms with Crippen molar-refractivity contribution in [2.24, 2.45) is 5.73 Å². The van der Waals surface area contributed by atoms with Crippen molar-refractivity contribution in [2.75, 3.05) is 0 Å². The van der Waals surface area contributed by atoms with Gasteiger partial charge in [0.25, 0.3) is 0 Å². The lowest BCUT2D eigenvalue weighted by atomic mass is 10.1. The van der Waals surface area contributed by atoms with Crippen LogP contribution in [0.25, 0.3) is 0 Å². The Kier molecular flexibility index (Phi) is 4.27. The standard InChI is InChI=1S/C12H14N2O2/c1-9(7-11(13)15)14-12(16)8-10-5-3-2-4-6-10/h2-7H,8H2,1H3,(H2,13,15)(H,14,16). The highest BCUT2D eigenvalue weighted by Crippen LogP contribution is 1.99. The largest absolute Gasteiger partial charge is 0.366 e. The molecule has 0 aromatic heterocycles. The number of hydrogen-bond donors (Lipinski definition) is 2. The Morgan fingerprint density at radius 2 is 1.94 bits per heavy atom. The van der Waals surface area contributed by atoms with Crippen LogP contribution in [-0.4, -0.2) is 11.8 Å². The molecule has 0 spiro atoms. The highest BCUT2D eigenvalue weighted by Gasteiger charge is 2.03. The molecular weight excluding hydrogens is 204 g/mol. The molecule has 0 bridgehead atoms. The Morgan fingerprint density at radius 1 is 1.31 bits per heavy atom. The number of carbonyl (C=O) groups is 2. The van der Waals surface area contributed by atoms with Gasteiger partial charge in [-0.15, -0.1) is 0 Å². The molecule has 0 saturated carbocycles. The van der Waals surface area contributed by atoms with E-state index in [1.807, 2.05) is 30.3 Å². The number of rotatable bonds is 4. The Morgan fingerprint density at radius 3 is 2.50 bits per heavy atom. The molecule has 0 radical (unpaired) electrons. The van der Waals surface area contributed by atoms with Crippen molar-refractivity contribution < 1.29 is 9.59 Å². The third kappa shape index (κ3) is 4.41. The Bertz CT molecular complexity index is 410. The van der Waals surface area contributed by atoms with E-state index in [0.717, 1.165) is 5.56 Å². The van der Waals surface area contributed by atoms with Gasteiger partial charge in [-0.2, -0.15) is 0 Å². The van der Waals surface area contributed by atoms with Crippen LogP contribution in [0.1, 0.15) is 12.5 Å². The first-order valence-corrected chi connectivity index (χ1v) is 4.89. The van der Waals surface area contributed by atoms with Crippen LogP contribution in [0.3, 0.4) is 0 Å². The number of nitrogens with one attached hydrogen (secondary N) is 1. The molecule has 1 aromatic rings. The number of primary amides is 1. The van der Waals surface area contributed by atoms with Crippen molar-refractivity contribution >= 4 is 11.8 Å². The van der Waals surface area contributed by atoms with Gasteiger partial charge in [-0.1, -0.05) is 30.3 Å². The summed E-state index contributed by atoms with van der Waals surface area (Å²) < 4.78 is 0. The highest BCUT2D eigenvalue weighted by atomic mass is 16.2. The average molecular weight is 218 g/mol. The van der Waals surface area contributed by atoms with Gasteiger partial charge in [-0.3, -0.25) is 9.59 Å². The van der Waals surface area contributed by atoms with Crippen molar-refractivity contribution in [3.8, 4) is 0 Å². The molecule has 0 aliphatic carbocycles. The third-order valence-electron chi connectivity index (χ3n) is 1.90. The van der Waals surface area contributed by atoms with Crippen LogP contribution < -0.4 is 11.1 Å². The summed E-state index contributed by atoms with van der Waals surface area (Å²) in [7, 11) is 0. The maximum atomic E-state index is 11.5. The highest BCUT2D eigenvalue weighted by molar-refractivity contribution is 5.88. The normalized spacial score (nSPS) is 10.9. The monoisotopic (exact) mass is 218 g/mol. The van der Waals surface area contributed by atoms with E-state index in [1.54, 1.807) is 6.92 Å². The van der Waals surface area contributed by atoms with Gasteiger partial charge < -0.3 is 11.1 Å². The van der Waals surface area contributed by atoms with Crippen LogP contribution in [-0.2, 0) is 16.0 Å². The zero-order valence-electron chi connectivity index (χ0n) is 9.07. The molecule has 1 rings (SSSR count). The van der Waals surface area contributed by atoms with Crippen LogP contribution in [0.15, 0.2) is 42.1 Å². The van der Waals surface area contributed by atoms with Crippen molar-refractivity contribution in [1.82, 2.24) is 5.32 Å². The zero-order chi connectivity index (χ0) is 12.0. The van der Waals surface area contributed by atoms with E-state index < -0.39 is 5.91 Å². The van der Waals surface area contributed by atoms with Crippen molar-refractivity contribution in [3.05, 3.63) is 47.7 Å². The van der Waals surface area contributed by atoms with E-state index in [9.17, 15) is 9.59 Å². The van der Waals surface area contributed by atoms with E-state index >= 15 is 0 Å². The second-order valence-electron chi connectivity index (χ2n) is 3.44. The smallest absolute Gasteiger partial charge is 0.243 e. The number of benzene rings is 1. The first-order chi connectivity index (χ1) is 7.58. The summed E-state index contributed by atoms with van der Waals surface area (Å²) in [5.41, 5.74) is 6.33. The predicted octanol–water partition coefficient (Wildman–Crippen LogP) is 0.734. The van der Waals surface area contributed by atoms with Crippen LogP contribution >= 0.6 is 0 Å². The van der Waals surface area contributed by atoms with Gasteiger partial charge in [-0.05, 0) is 12.5 Å². The molecule has 84 valence electrons. The van der Waals surface area contributed by atoms with Gasteiger partial charge in [0.2, 0.25) is 11.8 Å². The number of allylic oxidation sites excluding steroid dienone is 1. The number of hydrogen-bond acceptors (Lipinski definition) is 2. The molecule has 1 aromatic carbocycles. The summed E-state index contributed by atoms with van der Waals surface area (Å²) in [6.07, 6.45) is 1.47. The summed E-state index contributed by atoms with van der Waals surface area (Å²) in [5.74, 6) is -0.737. The van der Waals surface area contributed by atoms with E-state index in [2.05, 4.69) is 5.32 Å². The summed E-state index contributed by atoms with van der Waals surface area (Å²) in [4.78, 5) is 22.0. The second-order valence-corrected chi connectivity index (χ2v) is 3.44. The van der Waals surface area contributed by atoms with Crippen molar-refractivity contribution in [1.29, 1.82) is 0 Å². The molecule has 0 atom stereocenters. The molecule has 4 heteroatoms. The first-order valence-electron chi connectivity index (χ1n) is 4.89. The molecule has 0 heterocycles. The van der Waals surface area contributed by atoms with Crippen LogP contribution in [0, 0.1) is 0 Å². The number of carbonyl (C=O) groups excluding carboxylic acids is 2. The fourth-order valence-electron chi connectivity index (χ4n) is 1.29. The van der Waals surface area contributed by atoms with Crippen LogP contribution in [0.5, 0.6) is 0 Å². The lowest BCUT2D eigenvalue weighted by molar-refractivity contribution is -0.119. The molecule has 3 N–H and O–H groups in total. The summed E-state index contributed by atoms with van der Waals surface area (Å²) in [5, 5.41) is 2.58. The lowest BCUT2D eigenvalue weighted by Crippen LogP contribution is -2.24. The van der Waals surface area contributed by atoms with Gasteiger partial charge in [0.15, 0.2) is 0 Å². The van der Waals surface area contributed by atoms with Gasteiger partial charge in [0, 0.05) is 11.8 Å². The quantitative estimate of drug-likeness (QED) is 0.731. The molecule has 2 amide bonds. The van der Waals surface area contributed by atoms with Gasteiger partial charge in [0.1, 0.15) is 0 Å².